The molecule has 1 atom stereocenters. The van der Waals surface area contributed by atoms with E-state index in [4.69, 9.17) is 0 Å². The maximum atomic E-state index is 11.8. The Bertz CT molecular complexity index is 761. The van der Waals surface area contributed by atoms with Gasteiger partial charge in [0.05, 0.1) is 6.04 Å². The lowest BCUT2D eigenvalue weighted by Crippen LogP contribution is -2.40. The Kier molecular flexibility index (Phi) is 10.1. The predicted molar refractivity (Wildman–Crippen MR) is 125 cm³/mol. The number of guanidine groups is 1. The lowest BCUT2D eigenvalue weighted by Gasteiger charge is -2.19. The first kappa shape index (κ1) is 23.2. The van der Waals surface area contributed by atoms with Crippen molar-refractivity contribution < 1.29 is 4.79 Å². The molecule has 2 aromatic carbocycles. The van der Waals surface area contributed by atoms with Gasteiger partial charge in [-0.2, -0.15) is 0 Å². The van der Waals surface area contributed by atoms with Crippen molar-refractivity contribution in [1.29, 1.82) is 0 Å². The Hall–Kier alpha value is -1.83. The first-order valence-electron chi connectivity index (χ1n) is 9.25. The minimum atomic E-state index is -0.0139. The molecule has 0 heterocycles. The zero-order valence-corrected chi connectivity index (χ0v) is 19.0. The van der Waals surface area contributed by atoms with E-state index in [-0.39, 0.29) is 42.5 Å². The van der Waals surface area contributed by atoms with Gasteiger partial charge in [0.15, 0.2) is 5.96 Å². The molecule has 5 nitrogen and oxygen atoms in total. The van der Waals surface area contributed by atoms with E-state index in [1.165, 1.54) is 16.3 Å². The van der Waals surface area contributed by atoms with E-state index in [1.807, 2.05) is 6.07 Å². The van der Waals surface area contributed by atoms with Crippen LogP contribution in [-0.2, 0) is 4.79 Å². The van der Waals surface area contributed by atoms with Gasteiger partial charge in [-0.25, -0.2) is 4.99 Å². The third-order valence-corrected chi connectivity index (χ3v) is 4.32. The average molecular weight is 482 g/mol. The molecule has 27 heavy (non-hydrogen) atoms. The summed E-state index contributed by atoms with van der Waals surface area (Å²) in [6.45, 7) is 5.23. The second kappa shape index (κ2) is 11.8. The van der Waals surface area contributed by atoms with Crippen molar-refractivity contribution in [2.24, 2.45) is 4.99 Å². The van der Waals surface area contributed by atoms with Crippen LogP contribution in [0, 0.1) is 0 Å². The van der Waals surface area contributed by atoms with Crippen molar-refractivity contribution in [2.45, 2.75) is 32.7 Å². The predicted octanol–water partition coefficient (Wildman–Crippen LogP) is 3.94. The standard InChI is InChI=1S/C21H30N4O.HI/c1-5-6-13-22-21(23-15-20(26)25(3)4)24-16(2)18-12-11-17-9-7-8-10-19(17)14-18;/h7-12,14,16H,5-6,13,15H2,1-4H3,(H2,22,23,24);1H. The first-order valence-corrected chi connectivity index (χ1v) is 9.25. The Balaban J connectivity index is 0.00000364. The summed E-state index contributed by atoms with van der Waals surface area (Å²) in [6, 6.07) is 14.9. The number of carbonyl (C=O) groups is 1. The van der Waals surface area contributed by atoms with Gasteiger partial charge in [-0.3, -0.25) is 4.79 Å². The molecule has 0 bridgehead atoms. The normalized spacial score (nSPS) is 12.2. The summed E-state index contributed by atoms with van der Waals surface area (Å²) in [7, 11) is 3.49. The van der Waals surface area contributed by atoms with Crippen LogP contribution in [0.2, 0.25) is 0 Å². The molecule has 148 valence electrons. The fourth-order valence-corrected chi connectivity index (χ4v) is 2.59. The third-order valence-electron chi connectivity index (χ3n) is 4.32. The Morgan fingerprint density at radius 2 is 1.85 bits per heavy atom. The van der Waals surface area contributed by atoms with Crippen LogP contribution in [0.3, 0.4) is 0 Å². The molecule has 0 saturated heterocycles. The fraction of sp³-hybridized carbons (Fsp3) is 0.429. The van der Waals surface area contributed by atoms with Crippen molar-refractivity contribution in [1.82, 2.24) is 15.5 Å². The monoisotopic (exact) mass is 482 g/mol. The van der Waals surface area contributed by atoms with Gasteiger partial charge < -0.3 is 15.5 Å². The van der Waals surface area contributed by atoms with Gasteiger partial charge in [0.25, 0.3) is 0 Å². The topological polar surface area (TPSA) is 56.7 Å². The van der Waals surface area contributed by atoms with Crippen LogP contribution in [0.4, 0.5) is 0 Å². The lowest BCUT2D eigenvalue weighted by atomic mass is 10.0. The van der Waals surface area contributed by atoms with E-state index in [2.05, 4.69) is 65.9 Å². The van der Waals surface area contributed by atoms with Crippen LogP contribution in [0.1, 0.15) is 38.3 Å². The lowest BCUT2D eigenvalue weighted by molar-refractivity contribution is -0.127. The Morgan fingerprint density at radius 1 is 1.15 bits per heavy atom. The molecular formula is C21H31IN4O. The molecule has 1 amide bonds. The van der Waals surface area contributed by atoms with Crippen molar-refractivity contribution >= 4 is 46.6 Å². The quantitative estimate of drug-likeness (QED) is 0.272. The van der Waals surface area contributed by atoms with Crippen LogP contribution >= 0.6 is 24.0 Å². The molecular weight excluding hydrogens is 451 g/mol. The number of hydrogen-bond donors (Lipinski definition) is 2. The highest BCUT2D eigenvalue weighted by Crippen LogP contribution is 2.20. The number of nitrogens with zero attached hydrogens (tertiary/aromatic N) is 2. The molecule has 2 N–H and O–H groups in total. The van der Waals surface area contributed by atoms with Gasteiger partial charge >= 0.3 is 0 Å². The molecule has 0 aliphatic heterocycles. The zero-order chi connectivity index (χ0) is 18.9. The summed E-state index contributed by atoms with van der Waals surface area (Å²) in [5.74, 6) is 0.661. The summed E-state index contributed by atoms with van der Waals surface area (Å²) >= 11 is 0. The van der Waals surface area contributed by atoms with E-state index in [0.29, 0.717) is 5.96 Å². The molecule has 0 aliphatic rings. The molecule has 0 fully saturated rings. The van der Waals surface area contributed by atoms with Gasteiger partial charge in [0, 0.05) is 20.6 Å². The van der Waals surface area contributed by atoms with Crippen LogP contribution in [0.25, 0.3) is 10.8 Å². The maximum absolute atomic E-state index is 11.8. The average Bonchev–Trinajstić information content (AvgIpc) is 2.65. The first-order chi connectivity index (χ1) is 12.5. The van der Waals surface area contributed by atoms with Crippen molar-refractivity contribution in [2.75, 3.05) is 27.2 Å². The van der Waals surface area contributed by atoms with Crippen LogP contribution in [-0.4, -0.2) is 44.0 Å². The molecule has 6 heteroatoms. The number of rotatable bonds is 7. The Morgan fingerprint density at radius 3 is 2.52 bits per heavy atom. The molecule has 0 saturated carbocycles. The van der Waals surface area contributed by atoms with Gasteiger partial charge in [0.1, 0.15) is 6.54 Å². The van der Waals surface area contributed by atoms with Crippen LogP contribution in [0.5, 0.6) is 0 Å². The van der Waals surface area contributed by atoms with E-state index in [9.17, 15) is 4.79 Å². The number of likely N-dealkylation sites (N-methyl/N-ethyl adjacent to an activating group) is 1. The number of aliphatic imine (C=N–C) groups is 1. The van der Waals surface area contributed by atoms with Crippen LogP contribution in [0.15, 0.2) is 47.5 Å². The second-order valence-corrected chi connectivity index (χ2v) is 6.71. The number of fused-ring (bicyclic) bond motifs is 1. The van der Waals surface area contributed by atoms with E-state index in [1.54, 1.807) is 19.0 Å². The largest absolute Gasteiger partial charge is 0.356 e. The molecule has 2 aromatic rings. The molecule has 0 radical (unpaired) electrons. The maximum Gasteiger partial charge on any atom is 0.243 e. The molecule has 0 aromatic heterocycles. The van der Waals surface area contributed by atoms with Crippen molar-refractivity contribution in [3.63, 3.8) is 0 Å². The van der Waals surface area contributed by atoms with Crippen molar-refractivity contribution in [3.8, 4) is 0 Å². The highest BCUT2D eigenvalue weighted by molar-refractivity contribution is 14.0. The number of carbonyl (C=O) groups excluding carboxylic acids is 1. The smallest absolute Gasteiger partial charge is 0.243 e. The summed E-state index contributed by atoms with van der Waals surface area (Å²) in [6.07, 6.45) is 2.17. The summed E-state index contributed by atoms with van der Waals surface area (Å²) in [5.41, 5.74) is 1.19. The third kappa shape index (κ3) is 7.36. The summed E-state index contributed by atoms with van der Waals surface area (Å²) < 4.78 is 0. The minimum absolute atomic E-state index is 0. The number of benzene rings is 2. The number of nitrogens with one attached hydrogen (secondary N) is 2. The zero-order valence-electron chi connectivity index (χ0n) is 16.7. The van der Waals surface area contributed by atoms with Gasteiger partial charge in [-0.05, 0) is 35.7 Å². The van der Waals surface area contributed by atoms with E-state index < -0.39 is 0 Å². The summed E-state index contributed by atoms with van der Waals surface area (Å²) in [5, 5.41) is 9.19. The van der Waals surface area contributed by atoms with E-state index in [0.717, 1.165) is 19.4 Å². The fourth-order valence-electron chi connectivity index (χ4n) is 2.59. The number of hydrogen-bond acceptors (Lipinski definition) is 2. The van der Waals surface area contributed by atoms with Crippen molar-refractivity contribution in [3.05, 3.63) is 48.0 Å². The number of amides is 1. The van der Waals surface area contributed by atoms with Crippen LogP contribution < -0.4 is 10.6 Å². The Labute approximate surface area is 179 Å². The molecule has 0 spiro atoms. The highest BCUT2D eigenvalue weighted by Gasteiger charge is 2.10. The molecule has 1 unspecified atom stereocenters. The van der Waals surface area contributed by atoms with E-state index >= 15 is 0 Å². The molecule has 2 rings (SSSR count). The summed E-state index contributed by atoms with van der Waals surface area (Å²) in [4.78, 5) is 17.8. The van der Waals surface area contributed by atoms with Gasteiger partial charge in [-0.1, -0.05) is 49.7 Å². The van der Waals surface area contributed by atoms with Gasteiger partial charge in [-0.15, -0.1) is 24.0 Å². The minimum Gasteiger partial charge on any atom is -0.356 e. The number of unbranched alkanes of at least 4 members (excludes halogenated alkanes) is 1. The molecule has 0 aliphatic carbocycles. The second-order valence-electron chi connectivity index (χ2n) is 6.71. The number of halogens is 1. The SMILES string of the molecule is CCCCNC(=NCC(=O)N(C)C)NC(C)c1ccc2ccccc2c1.I. The van der Waals surface area contributed by atoms with Gasteiger partial charge in [0.2, 0.25) is 5.91 Å². The highest BCUT2D eigenvalue weighted by atomic mass is 127.